The van der Waals surface area contributed by atoms with E-state index in [0.29, 0.717) is 19.7 Å². The second kappa shape index (κ2) is 9.13. The van der Waals surface area contributed by atoms with Crippen molar-refractivity contribution in [3.8, 4) is 16.9 Å². The number of hydrogen-bond acceptors (Lipinski definition) is 4. The van der Waals surface area contributed by atoms with Gasteiger partial charge in [-0.15, -0.1) is 0 Å². The number of nitrogens with zero attached hydrogens (tertiary/aromatic N) is 2. The molecule has 32 heavy (non-hydrogen) atoms. The molecule has 0 bridgehead atoms. The number of aryl methyl sites for hydroxylation is 1. The number of pyridine rings is 1. The van der Waals surface area contributed by atoms with Crippen molar-refractivity contribution in [1.29, 1.82) is 0 Å². The standard InChI is InChI=1S/C27H31N3O2/c1-19-9-11-20(12-10-19)22-8-6-5-7-21(22)18-30-15-16-32-24-13-14-28-17-23(24)25(30)26(31)29-27(2,3)4/h5-14,17,25H,15-16,18H2,1-4H3,(H,29,31). The van der Waals surface area contributed by atoms with Gasteiger partial charge in [0.1, 0.15) is 18.4 Å². The molecule has 166 valence electrons. The van der Waals surface area contributed by atoms with E-state index >= 15 is 0 Å². The van der Waals surface area contributed by atoms with Crippen molar-refractivity contribution in [3.63, 3.8) is 0 Å². The molecule has 1 amide bonds. The molecule has 1 aliphatic heterocycles. The third kappa shape index (κ3) is 5.00. The summed E-state index contributed by atoms with van der Waals surface area (Å²) in [5, 5.41) is 3.16. The highest BCUT2D eigenvalue weighted by atomic mass is 16.5. The van der Waals surface area contributed by atoms with Gasteiger partial charge in [-0.05, 0) is 50.5 Å². The van der Waals surface area contributed by atoms with Gasteiger partial charge >= 0.3 is 0 Å². The fraction of sp³-hybridized carbons (Fsp3) is 0.333. The minimum atomic E-state index is -0.480. The van der Waals surface area contributed by atoms with Gasteiger partial charge in [0.15, 0.2) is 0 Å². The number of amides is 1. The normalized spacial score (nSPS) is 16.6. The highest BCUT2D eigenvalue weighted by molar-refractivity contribution is 5.84. The SMILES string of the molecule is Cc1ccc(-c2ccccc2CN2CCOc3ccncc3C2C(=O)NC(C)(C)C)cc1. The zero-order valence-corrected chi connectivity index (χ0v) is 19.3. The maximum atomic E-state index is 13.5. The van der Waals surface area contributed by atoms with E-state index in [2.05, 4.69) is 70.7 Å². The first-order valence-electron chi connectivity index (χ1n) is 11.1. The lowest BCUT2D eigenvalue weighted by molar-refractivity contribution is -0.128. The summed E-state index contributed by atoms with van der Waals surface area (Å²) in [5.74, 6) is 0.688. The molecule has 1 atom stereocenters. The first-order valence-corrected chi connectivity index (χ1v) is 11.1. The molecule has 4 rings (SSSR count). The molecule has 3 aromatic rings. The molecular formula is C27H31N3O2. The van der Waals surface area contributed by atoms with E-state index in [1.807, 2.05) is 26.8 Å². The summed E-state index contributed by atoms with van der Waals surface area (Å²) in [6.07, 6.45) is 3.46. The van der Waals surface area contributed by atoms with Crippen LogP contribution in [0, 0.1) is 6.92 Å². The molecular weight excluding hydrogens is 398 g/mol. The first kappa shape index (κ1) is 22.0. The average Bonchev–Trinajstić information content (AvgIpc) is 2.93. The van der Waals surface area contributed by atoms with Crippen molar-refractivity contribution in [2.24, 2.45) is 0 Å². The van der Waals surface area contributed by atoms with Gasteiger partial charge in [0.05, 0.1) is 0 Å². The van der Waals surface area contributed by atoms with Crippen LogP contribution in [0.1, 0.15) is 43.5 Å². The number of carbonyl (C=O) groups is 1. The minimum absolute atomic E-state index is 0.0370. The molecule has 0 saturated carbocycles. The molecule has 1 N–H and O–H groups in total. The molecule has 0 saturated heterocycles. The van der Waals surface area contributed by atoms with E-state index in [4.69, 9.17) is 4.74 Å². The van der Waals surface area contributed by atoms with Crippen molar-refractivity contribution in [2.45, 2.75) is 45.8 Å². The van der Waals surface area contributed by atoms with Crippen LogP contribution in [0.15, 0.2) is 67.0 Å². The number of ether oxygens (including phenoxy) is 1. The monoisotopic (exact) mass is 429 g/mol. The lowest BCUT2D eigenvalue weighted by Gasteiger charge is -2.32. The van der Waals surface area contributed by atoms with Crippen molar-refractivity contribution in [3.05, 3.63) is 83.7 Å². The fourth-order valence-electron chi connectivity index (χ4n) is 4.14. The van der Waals surface area contributed by atoms with Crippen LogP contribution in [0.5, 0.6) is 5.75 Å². The van der Waals surface area contributed by atoms with Crippen LogP contribution in [-0.2, 0) is 11.3 Å². The maximum Gasteiger partial charge on any atom is 0.242 e. The predicted molar refractivity (Wildman–Crippen MR) is 127 cm³/mol. The van der Waals surface area contributed by atoms with Gasteiger partial charge in [-0.2, -0.15) is 0 Å². The second-order valence-corrected chi connectivity index (χ2v) is 9.40. The van der Waals surface area contributed by atoms with E-state index in [1.165, 1.54) is 22.3 Å². The lowest BCUT2D eigenvalue weighted by atomic mass is 9.97. The summed E-state index contributed by atoms with van der Waals surface area (Å²) in [6, 6.07) is 18.3. The Morgan fingerprint density at radius 1 is 1.12 bits per heavy atom. The number of fused-ring (bicyclic) bond motifs is 1. The molecule has 5 nitrogen and oxygen atoms in total. The smallest absolute Gasteiger partial charge is 0.242 e. The third-order valence-electron chi connectivity index (χ3n) is 5.61. The Labute approximate surface area is 190 Å². The van der Waals surface area contributed by atoms with Crippen LogP contribution in [0.25, 0.3) is 11.1 Å². The topological polar surface area (TPSA) is 54.5 Å². The van der Waals surface area contributed by atoms with Gasteiger partial charge in [-0.25, -0.2) is 0 Å². The third-order valence-corrected chi connectivity index (χ3v) is 5.61. The Balaban J connectivity index is 1.72. The molecule has 1 aliphatic rings. The summed E-state index contributed by atoms with van der Waals surface area (Å²) in [5.41, 5.74) is 5.24. The van der Waals surface area contributed by atoms with Gasteiger partial charge in [-0.3, -0.25) is 14.7 Å². The zero-order chi connectivity index (χ0) is 22.7. The average molecular weight is 430 g/mol. The maximum absolute atomic E-state index is 13.5. The first-order chi connectivity index (χ1) is 15.3. The largest absolute Gasteiger partial charge is 0.492 e. The van der Waals surface area contributed by atoms with Crippen molar-refractivity contribution < 1.29 is 9.53 Å². The number of benzene rings is 2. The van der Waals surface area contributed by atoms with Crippen molar-refractivity contribution in [2.75, 3.05) is 13.2 Å². The number of rotatable bonds is 4. The number of nitrogens with one attached hydrogen (secondary N) is 1. The van der Waals surface area contributed by atoms with E-state index in [-0.39, 0.29) is 11.4 Å². The van der Waals surface area contributed by atoms with Crippen LogP contribution in [-0.4, -0.2) is 34.5 Å². The van der Waals surface area contributed by atoms with Crippen LogP contribution in [0.4, 0.5) is 0 Å². The molecule has 0 spiro atoms. The Bertz CT molecular complexity index is 1090. The van der Waals surface area contributed by atoms with E-state index in [1.54, 1.807) is 12.4 Å². The van der Waals surface area contributed by atoms with E-state index in [0.717, 1.165) is 11.3 Å². The molecule has 1 unspecified atom stereocenters. The molecule has 2 aromatic carbocycles. The number of aromatic nitrogens is 1. The Hall–Kier alpha value is -3.18. The van der Waals surface area contributed by atoms with Crippen LogP contribution in [0.3, 0.4) is 0 Å². The van der Waals surface area contributed by atoms with Crippen LogP contribution < -0.4 is 10.1 Å². The predicted octanol–water partition coefficient (Wildman–Crippen LogP) is 4.91. The molecule has 2 heterocycles. The highest BCUT2D eigenvalue weighted by Gasteiger charge is 2.34. The Morgan fingerprint density at radius 2 is 1.88 bits per heavy atom. The van der Waals surface area contributed by atoms with Crippen LogP contribution in [0.2, 0.25) is 0 Å². The van der Waals surface area contributed by atoms with Gasteiger partial charge in [-0.1, -0.05) is 54.1 Å². The second-order valence-electron chi connectivity index (χ2n) is 9.40. The molecule has 0 fully saturated rings. The fourth-order valence-corrected chi connectivity index (χ4v) is 4.14. The van der Waals surface area contributed by atoms with Crippen molar-refractivity contribution in [1.82, 2.24) is 15.2 Å². The molecule has 1 aromatic heterocycles. The number of carbonyl (C=O) groups excluding carboxylic acids is 1. The van der Waals surface area contributed by atoms with Gasteiger partial charge in [0.2, 0.25) is 5.91 Å². The van der Waals surface area contributed by atoms with Gasteiger partial charge < -0.3 is 10.1 Å². The minimum Gasteiger partial charge on any atom is -0.492 e. The summed E-state index contributed by atoms with van der Waals surface area (Å²) < 4.78 is 5.99. The van der Waals surface area contributed by atoms with E-state index < -0.39 is 6.04 Å². The van der Waals surface area contributed by atoms with Gasteiger partial charge in [0.25, 0.3) is 0 Å². The summed E-state index contributed by atoms with van der Waals surface area (Å²) in [6.45, 7) is 9.88. The number of hydrogen-bond donors (Lipinski definition) is 1. The Morgan fingerprint density at radius 3 is 2.62 bits per heavy atom. The molecule has 5 heteroatoms. The highest BCUT2D eigenvalue weighted by Crippen LogP contribution is 2.34. The van der Waals surface area contributed by atoms with E-state index in [9.17, 15) is 4.79 Å². The zero-order valence-electron chi connectivity index (χ0n) is 19.3. The van der Waals surface area contributed by atoms with Crippen molar-refractivity contribution >= 4 is 5.91 Å². The summed E-state index contributed by atoms with van der Waals surface area (Å²) in [4.78, 5) is 20.0. The lowest BCUT2D eigenvalue weighted by Crippen LogP contribution is -2.47. The summed E-state index contributed by atoms with van der Waals surface area (Å²) in [7, 11) is 0. The summed E-state index contributed by atoms with van der Waals surface area (Å²) >= 11 is 0. The quantitative estimate of drug-likeness (QED) is 0.640. The van der Waals surface area contributed by atoms with Gasteiger partial charge in [0, 0.05) is 36.6 Å². The van der Waals surface area contributed by atoms with Crippen LogP contribution >= 0.6 is 0 Å². The molecule has 0 radical (unpaired) electrons. The molecule has 0 aliphatic carbocycles. The Kier molecular flexibility index (Phi) is 6.28.